The third-order valence-corrected chi connectivity index (χ3v) is 2.28. The normalized spacial score (nSPS) is 9.00. The number of hydrogen-bond donors (Lipinski definition) is 2. The van der Waals surface area contributed by atoms with Gasteiger partial charge in [0.15, 0.2) is 0 Å². The summed E-state index contributed by atoms with van der Waals surface area (Å²) in [4.78, 5) is 22.5. The fourth-order valence-corrected chi connectivity index (χ4v) is 1.42. The SMILES string of the molecule is N#Cc1ccc(NC(=O)NC(=O)CCCl)cc1C#N. The monoisotopic (exact) mass is 276 g/mol. The third-order valence-electron chi connectivity index (χ3n) is 2.09. The summed E-state index contributed by atoms with van der Waals surface area (Å²) < 4.78 is 0. The van der Waals surface area contributed by atoms with Gasteiger partial charge in [0.1, 0.15) is 12.1 Å². The lowest BCUT2D eigenvalue weighted by Crippen LogP contribution is -2.34. The summed E-state index contributed by atoms with van der Waals surface area (Å²) in [6, 6.07) is 7.21. The Bertz CT molecular complexity index is 586. The zero-order valence-corrected chi connectivity index (χ0v) is 10.5. The van der Waals surface area contributed by atoms with Gasteiger partial charge in [-0.1, -0.05) is 0 Å². The zero-order chi connectivity index (χ0) is 14.3. The van der Waals surface area contributed by atoms with Crippen molar-refractivity contribution in [2.24, 2.45) is 0 Å². The van der Waals surface area contributed by atoms with Gasteiger partial charge < -0.3 is 5.32 Å². The summed E-state index contributed by atoms with van der Waals surface area (Å²) in [5.41, 5.74) is 0.672. The van der Waals surface area contributed by atoms with Crippen LogP contribution in [-0.4, -0.2) is 17.8 Å². The third kappa shape index (κ3) is 4.30. The lowest BCUT2D eigenvalue weighted by atomic mass is 10.1. The van der Waals surface area contributed by atoms with Crippen molar-refractivity contribution in [2.75, 3.05) is 11.2 Å². The highest BCUT2D eigenvalue weighted by molar-refractivity contribution is 6.19. The van der Waals surface area contributed by atoms with E-state index in [0.29, 0.717) is 5.69 Å². The van der Waals surface area contributed by atoms with Crippen LogP contribution in [0.25, 0.3) is 0 Å². The summed E-state index contributed by atoms with van der Waals surface area (Å²) in [5, 5.41) is 22.0. The molecule has 2 N–H and O–H groups in total. The molecule has 0 atom stereocenters. The minimum Gasteiger partial charge on any atom is -0.308 e. The predicted octanol–water partition coefficient (Wildman–Crippen LogP) is 1.71. The van der Waals surface area contributed by atoms with Crippen molar-refractivity contribution in [3.63, 3.8) is 0 Å². The molecule has 1 rings (SSSR count). The first-order valence-corrected chi connectivity index (χ1v) is 5.75. The fraction of sp³-hybridized carbons (Fsp3) is 0.167. The number of rotatable bonds is 3. The number of carbonyl (C=O) groups is 2. The molecule has 0 aliphatic heterocycles. The molecule has 7 heteroatoms. The second-order valence-corrected chi connectivity index (χ2v) is 3.80. The molecule has 1 aromatic carbocycles. The lowest BCUT2D eigenvalue weighted by Gasteiger charge is -2.06. The summed E-state index contributed by atoms with van der Waals surface area (Å²) in [5.74, 6) is -0.379. The molecule has 0 heterocycles. The van der Waals surface area contributed by atoms with Crippen molar-refractivity contribution >= 4 is 29.2 Å². The quantitative estimate of drug-likeness (QED) is 0.820. The Balaban J connectivity index is 2.73. The van der Waals surface area contributed by atoms with Crippen LogP contribution in [0.1, 0.15) is 17.5 Å². The molecule has 96 valence electrons. The standard InChI is InChI=1S/C12H9ClN4O2/c13-4-3-11(18)17-12(19)16-10-2-1-8(6-14)9(5-10)7-15/h1-2,5H,3-4H2,(H2,16,17,18,19). The van der Waals surface area contributed by atoms with E-state index in [1.54, 1.807) is 0 Å². The molecule has 0 saturated heterocycles. The van der Waals surface area contributed by atoms with Crippen LogP contribution in [0.4, 0.5) is 10.5 Å². The van der Waals surface area contributed by atoms with Gasteiger partial charge in [0.25, 0.3) is 0 Å². The van der Waals surface area contributed by atoms with Crippen molar-refractivity contribution in [3.05, 3.63) is 29.3 Å². The van der Waals surface area contributed by atoms with Crippen LogP contribution < -0.4 is 10.6 Å². The summed E-state index contributed by atoms with van der Waals surface area (Å²) in [6.07, 6.45) is 0.0335. The maximum atomic E-state index is 11.4. The fourth-order valence-electron chi connectivity index (χ4n) is 1.25. The molecule has 0 aliphatic carbocycles. The minimum absolute atomic E-state index is 0.0335. The first-order chi connectivity index (χ1) is 9.10. The van der Waals surface area contributed by atoms with Crippen molar-refractivity contribution in [2.45, 2.75) is 6.42 Å². The van der Waals surface area contributed by atoms with E-state index in [2.05, 4.69) is 10.6 Å². The van der Waals surface area contributed by atoms with Gasteiger partial charge in [-0.05, 0) is 18.2 Å². The predicted molar refractivity (Wildman–Crippen MR) is 68.4 cm³/mol. The molecule has 19 heavy (non-hydrogen) atoms. The molecule has 0 bridgehead atoms. The van der Waals surface area contributed by atoms with E-state index in [4.69, 9.17) is 22.1 Å². The number of halogens is 1. The molecule has 0 radical (unpaired) electrons. The van der Waals surface area contributed by atoms with Gasteiger partial charge in [-0.25, -0.2) is 4.79 Å². The molecule has 6 nitrogen and oxygen atoms in total. The number of anilines is 1. The smallest absolute Gasteiger partial charge is 0.308 e. The van der Waals surface area contributed by atoms with E-state index in [1.807, 2.05) is 12.1 Å². The van der Waals surface area contributed by atoms with Gasteiger partial charge in [0.2, 0.25) is 5.91 Å². The van der Waals surface area contributed by atoms with E-state index >= 15 is 0 Å². The largest absolute Gasteiger partial charge is 0.325 e. The Morgan fingerprint density at radius 2 is 1.89 bits per heavy atom. The van der Waals surface area contributed by atoms with Crippen LogP contribution in [0.5, 0.6) is 0 Å². The first-order valence-electron chi connectivity index (χ1n) is 5.21. The van der Waals surface area contributed by atoms with Crippen LogP contribution >= 0.6 is 11.6 Å². The average Bonchev–Trinajstić information content (AvgIpc) is 2.38. The highest BCUT2D eigenvalue weighted by Crippen LogP contribution is 2.14. The Morgan fingerprint density at radius 1 is 1.21 bits per heavy atom. The average molecular weight is 277 g/mol. The number of imide groups is 1. The number of nitrogens with zero attached hydrogens (tertiary/aromatic N) is 2. The number of carbonyl (C=O) groups excluding carboxylic acids is 2. The number of urea groups is 1. The molecule has 0 saturated carbocycles. The molecule has 0 fully saturated rings. The summed E-state index contributed by atoms with van der Waals surface area (Å²) in [7, 11) is 0. The van der Waals surface area contributed by atoms with E-state index in [1.165, 1.54) is 18.2 Å². The van der Waals surface area contributed by atoms with E-state index < -0.39 is 11.9 Å². The summed E-state index contributed by atoms with van der Waals surface area (Å²) >= 11 is 5.35. The van der Waals surface area contributed by atoms with Gasteiger partial charge in [-0.15, -0.1) is 11.6 Å². The zero-order valence-electron chi connectivity index (χ0n) is 9.74. The van der Waals surface area contributed by atoms with Crippen LogP contribution in [0.3, 0.4) is 0 Å². The van der Waals surface area contributed by atoms with Crippen LogP contribution in [0.15, 0.2) is 18.2 Å². The van der Waals surface area contributed by atoms with Crippen molar-refractivity contribution in [1.82, 2.24) is 5.32 Å². The Kier molecular flexibility index (Phi) is 5.34. The van der Waals surface area contributed by atoms with Gasteiger partial charge in [-0.2, -0.15) is 10.5 Å². The van der Waals surface area contributed by atoms with Crippen molar-refractivity contribution < 1.29 is 9.59 Å². The molecule has 0 aromatic heterocycles. The van der Waals surface area contributed by atoms with Crippen LogP contribution in [0, 0.1) is 22.7 Å². The Labute approximate surface area is 114 Å². The first kappa shape index (κ1) is 14.5. The number of nitrogens with one attached hydrogen (secondary N) is 2. The number of amides is 3. The van der Waals surface area contributed by atoms with Crippen molar-refractivity contribution in [3.8, 4) is 12.1 Å². The number of benzene rings is 1. The molecule has 3 amide bonds. The highest BCUT2D eigenvalue weighted by atomic mass is 35.5. The van der Waals surface area contributed by atoms with E-state index in [9.17, 15) is 9.59 Å². The van der Waals surface area contributed by atoms with Crippen LogP contribution in [0.2, 0.25) is 0 Å². The second kappa shape index (κ2) is 7.00. The van der Waals surface area contributed by atoms with E-state index in [-0.39, 0.29) is 23.4 Å². The van der Waals surface area contributed by atoms with Crippen LogP contribution in [-0.2, 0) is 4.79 Å². The van der Waals surface area contributed by atoms with E-state index in [0.717, 1.165) is 0 Å². The maximum absolute atomic E-state index is 11.4. The Hall–Kier alpha value is -2.57. The Morgan fingerprint density at radius 3 is 2.47 bits per heavy atom. The van der Waals surface area contributed by atoms with Crippen molar-refractivity contribution in [1.29, 1.82) is 10.5 Å². The molecule has 1 aromatic rings. The highest BCUT2D eigenvalue weighted by Gasteiger charge is 2.08. The topological polar surface area (TPSA) is 106 Å². The molecular weight excluding hydrogens is 268 g/mol. The molecule has 0 spiro atoms. The van der Waals surface area contributed by atoms with Gasteiger partial charge in [0, 0.05) is 18.0 Å². The van der Waals surface area contributed by atoms with Gasteiger partial charge >= 0.3 is 6.03 Å². The minimum atomic E-state index is -0.719. The number of alkyl halides is 1. The van der Waals surface area contributed by atoms with Gasteiger partial charge in [0.05, 0.1) is 11.1 Å². The molecular formula is C12H9ClN4O2. The maximum Gasteiger partial charge on any atom is 0.325 e. The number of hydrogen-bond acceptors (Lipinski definition) is 4. The lowest BCUT2D eigenvalue weighted by molar-refractivity contribution is -0.119. The molecule has 0 unspecified atom stereocenters. The second-order valence-electron chi connectivity index (χ2n) is 3.43. The number of nitriles is 2. The van der Waals surface area contributed by atoms with Gasteiger partial charge in [-0.3, -0.25) is 10.1 Å². The summed E-state index contributed by atoms with van der Waals surface area (Å²) in [6.45, 7) is 0. The molecule has 0 aliphatic rings.